The Morgan fingerprint density at radius 2 is 2.00 bits per heavy atom. The standard InChI is InChI=1S/C14H16BrN3/c15-11-3-5-13(6-4-11)18-14(10-1-2-10)9-12(17-18)7-8-16/h3-6,9-10H,1-2,7-8,16H2. The van der Waals surface area contributed by atoms with E-state index in [1.165, 1.54) is 18.5 Å². The molecule has 1 fully saturated rings. The van der Waals surface area contributed by atoms with Gasteiger partial charge in [0.15, 0.2) is 0 Å². The van der Waals surface area contributed by atoms with E-state index >= 15 is 0 Å². The second-order valence-corrected chi connectivity index (χ2v) is 5.68. The normalized spacial score (nSPS) is 15.0. The van der Waals surface area contributed by atoms with Gasteiger partial charge < -0.3 is 5.73 Å². The summed E-state index contributed by atoms with van der Waals surface area (Å²) < 4.78 is 3.17. The van der Waals surface area contributed by atoms with E-state index in [9.17, 15) is 0 Å². The van der Waals surface area contributed by atoms with Crippen LogP contribution in [0.1, 0.15) is 30.1 Å². The molecule has 0 saturated heterocycles. The topological polar surface area (TPSA) is 43.8 Å². The molecule has 1 aliphatic carbocycles. The monoisotopic (exact) mass is 305 g/mol. The summed E-state index contributed by atoms with van der Waals surface area (Å²) in [5, 5.41) is 4.68. The fraction of sp³-hybridized carbons (Fsp3) is 0.357. The van der Waals surface area contributed by atoms with E-state index in [-0.39, 0.29) is 0 Å². The zero-order valence-electron chi connectivity index (χ0n) is 10.1. The second kappa shape index (κ2) is 4.86. The van der Waals surface area contributed by atoms with Crippen molar-refractivity contribution >= 4 is 15.9 Å². The van der Waals surface area contributed by atoms with Gasteiger partial charge in [0.2, 0.25) is 0 Å². The summed E-state index contributed by atoms with van der Waals surface area (Å²) >= 11 is 3.46. The summed E-state index contributed by atoms with van der Waals surface area (Å²) in [6, 6.07) is 10.5. The van der Waals surface area contributed by atoms with E-state index < -0.39 is 0 Å². The maximum Gasteiger partial charge on any atom is 0.0649 e. The highest BCUT2D eigenvalue weighted by molar-refractivity contribution is 9.10. The van der Waals surface area contributed by atoms with Gasteiger partial charge in [-0.2, -0.15) is 5.10 Å². The Kier molecular flexibility index (Phi) is 3.22. The third-order valence-electron chi connectivity index (χ3n) is 3.25. The summed E-state index contributed by atoms with van der Waals surface area (Å²) in [5.41, 5.74) is 9.18. The molecule has 0 bridgehead atoms. The fourth-order valence-corrected chi connectivity index (χ4v) is 2.44. The van der Waals surface area contributed by atoms with Gasteiger partial charge in [-0.3, -0.25) is 0 Å². The Morgan fingerprint density at radius 1 is 1.28 bits per heavy atom. The Labute approximate surface area is 115 Å². The molecule has 0 amide bonds. The average molecular weight is 306 g/mol. The molecule has 1 aromatic carbocycles. The summed E-state index contributed by atoms with van der Waals surface area (Å²) in [6.45, 7) is 0.654. The zero-order valence-corrected chi connectivity index (χ0v) is 11.7. The molecule has 0 unspecified atom stereocenters. The SMILES string of the molecule is NCCc1cc(C2CC2)n(-c2ccc(Br)cc2)n1. The number of hydrogen-bond donors (Lipinski definition) is 1. The average Bonchev–Trinajstić information content (AvgIpc) is 3.13. The number of nitrogens with two attached hydrogens (primary N) is 1. The highest BCUT2D eigenvalue weighted by Gasteiger charge is 2.28. The van der Waals surface area contributed by atoms with Crippen molar-refractivity contribution in [2.24, 2.45) is 5.73 Å². The van der Waals surface area contributed by atoms with Gasteiger partial charge in [0, 0.05) is 22.5 Å². The molecule has 2 N–H and O–H groups in total. The molecule has 1 aromatic heterocycles. The van der Waals surface area contributed by atoms with Gasteiger partial charge in [-0.15, -0.1) is 0 Å². The minimum absolute atomic E-state index is 0.654. The van der Waals surface area contributed by atoms with Crippen molar-refractivity contribution in [2.75, 3.05) is 6.54 Å². The van der Waals surface area contributed by atoms with Crippen LogP contribution in [-0.2, 0) is 6.42 Å². The maximum absolute atomic E-state index is 5.61. The number of benzene rings is 1. The van der Waals surface area contributed by atoms with E-state index in [2.05, 4.69) is 56.0 Å². The first-order valence-corrected chi connectivity index (χ1v) is 7.12. The third-order valence-corrected chi connectivity index (χ3v) is 3.78. The van der Waals surface area contributed by atoms with E-state index in [0.717, 1.165) is 22.3 Å². The quantitative estimate of drug-likeness (QED) is 0.943. The number of hydrogen-bond acceptors (Lipinski definition) is 2. The molecular formula is C14H16BrN3. The summed E-state index contributed by atoms with van der Waals surface area (Å²) in [4.78, 5) is 0. The van der Waals surface area contributed by atoms with Crippen molar-refractivity contribution < 1.29 is 0 Å². The maximum atomic E-state index is 5.61. The fourth-order valence-electron chi connectivity index (χ4n) is 2.18. The molecule has 3 nitrogen and oxygen atoms in total. The van der Waals surface area contributed by atoms with E-state index in [0.29, 0.717) is 12.5 Å². The molecule has 18 heavy (non-hydrogen) atoms. The van der Waals surface area contributed by atoms with Gasteiger partial charge in [-0.1, -0.05) is 15.9 Å². The lowest BCUT2D eigenvalue weighted by atomic mass is 10.2. The Hall–Kier alpha value is -1.13. The largest absolute Gasteiger partial charge is 0.330 e. The lowest BCUT2D eigenvalue weighted by molar-refractivity contribution is 0.781. The molecule has 94 valence electrons. The van der Waals surface area contributed by atoms with Crippen LogP contribution in [-0.4, -0.2) is 16.3 Å². The Bertz CT molecular complexity index is 541. The van der Waals surface area contributed by atoms with Crippen LogP contribution < -0.4 is 5.73 Å². The molecule has 0 spiro atoms. The van der Waals surface area contributed by atoms with Crippen molar-refractivity contribution in [3.8, 4) is 5.69 Å². The van der Waals surface area contributed by atoms with Crippen LogP contribution >= 0.6 is 15.9 Å². The van der Waals surface area contributed by atoms with Crippen LogP contribution in [0.5, 0.6) is 0 Å². The Balaban J connectivity index is 2.00. The van der Waals surface area contributed by atoms with Gasteiger partial charge in [-0.05, 0) is 49.7 Å². The van der Waals surface area contributed by atoms with Gasteiger partial charge in [0.05, 0.1) is 11.4 Å². The van der Waals surface area contributed by atoms with Crippen LogP contribution in [0, 0.1) is 0 Å². The van der Waals surface area contributed by atoms with Crippen LogP contribution in [0.4, 0.5) is 0 Å². The zero-order chi connectivity index (χ0) is 12.5. The Morgan fingerprint density at radius 3 is 2.61 bits per heavy atom. The van der Waals surface area contributed by atoms with Crippen LogP contribution in [0.2, 0.25) is 0 Å². The number of nitrogens with zero attached hydrogens (tertiary/aromatic N) is 2. The third kappa shape index (κ3) is 2.35. The molecule has 2 aromatic rings. The first kappa shape index (κ1) is 11.9. The lowest BCUT2D eigenvalue weighted by Crippen LogP contribution is -2.04. The van der Waals surface area contributed by atoms with E-state index in [1.807, 2.05) is 0 Å². The van der Waals surface area contributed by atoms with Crippen molar-refractivity contribution in [3.05, 3.63) is 46.2 Å². The van der Waals surface area contributed by atoms with Crippen molar-refractivity contribution in [1.29, 1.82) is 0 Å². The minimum atomic E-state index is 0.654. The first-order valence-electron chi connectivity index (χ1n) is 6.33. The van der Waals surface area contributed by atoms with Crippen molar-refractivity contribution in [3.63, 3.8) is 0 Å². The van der Waals surface area contributed by atoms with Gasteiger partial charge in [0.25, 0.3) is 0 Å². The molecule has 4 heteroatoms. The highest BCUT2D eigenvalue weighted by Crippen LogP contribution is 2.41. The lowest BCUT2D eigenvalue weighted by Gasteiger charge is -2.06. The molecule has 0 aliphatic heterocycles. The first-order chi connectivity index (χ1) is 8.78. The van der Waals surface area contributed by atoms with E-state index in [1.54, 1.807) is 0 Å². The second-order valence-electron chi connectivity index (χ2n) is 4.76. The van der Waals surface area contributed by atoms with Crippen molar-refractivity contribution in [1.82, 2.24) is 9.78 Å². The number of halogens is 1. The van der Waals surface area contributed by atoms with Gasteiger partial charge in [0.1, 0.15) is 0 Å². The summed E-state index contributed by atoms with van der Waals surface area (Å²) in [6.07, 6.45) is 3.41. The smallest absolute Gasteiger partial charge is 0.0649 e. The molecule has 0 atom stereocenters. The van der Waals surface area contributed by atoms with Gasteiger partial charge >= 0.3 is 0 Å². The molecule has 1 heterocycles. The van der Waals surface area contributed by atoms with Crippen LogP contribution in [0.15, 0.2) is 34.8 Å². The summed E-state index contributed by atoms with van der Waals surface area (Å²) in [5.74, 6) is 0.688. The van der Waals surface area contributed by atoms with Crippen LogP contribution in [0.25, 0.3) is 5.69 Å². The predicted molar refractivity (Wildman–Crippen MR) is 76.0 cm³/mol. The molecule has 1 saturated carbocycles. The molecular weight excluding hydrogens is 290 g/mol. The van der Waals surface area contributed by atoms with Gasteiger partial charge in [-0.25, -0.2) is 4.68 Å². The summed E-state index contributed by atoms with van der Waals surface area (Å²) in [7, 11) is 0. The van der Waals surface area contributed by atoms with Crippen molar-refractivity contribution in [2.45, 2.75) is 25.2 Å². The highest BCUT2D eigenvalue weighted by atomic mass is 79.9. The molecule has 1 aliphatic rings. The molecule has 0 radical (unpaired) electrons. The number of aromatic nitrogens is 2. The van der Waals surface area contributed by atoms with Crippen LogP contribution in [0.3, 0.4) is 0 Å². The molecule has 3 rings (SSSR count). The minimum Gasteiger partial charge on any atom is -0.330 e. The van der Waals surface area contributed by atoms with E-state index in [4.69, 9.17) is 5.73 Å². The predicted octanol–water partition coefficient (Wildman–Crippen LogP) is 3.01. The number of rotatable bonds is 4.